The summed E-state index contributed by atoms with van der Waals surface area (Å²) in [7, 11) is -1.38. The molecular formula is C23H25N5O3S. The molecule has 0 aliphatic carbocycles. The summed E-state index contributed by atoms with van der Waals surface area (Å²) in [6.07, 6.45) is 4.63. The number of benzene rings is 1. The average Bonchev–Trinajstić information content (AvgIpc) is 3.19. The first-order valence-corrected chi connectivity index (χ1v) is 12.4. The summed E-state index contributed by atoms with van der Waals surface area (Å²) >= 11 is 0. The SMILES string of the molecule is COCc1c(C2CCS(=O)(=O)CC2)nc2c(-c3cnc4ccc(C)cc4c3)cnn2c1N. The van der Waals surface area contributed by atoms with Gasteiger partial charge in [-0.15, -0.1) is 0 Å². The molecule has 1 saturated heterocycles. The number of pyridine rings is 1. The number of ether oxygens (including phenoxy) is 1. The molecule has 0 atom stereocenters. The topological polar surface area (TPSA) is 112 Å². The van der Waals surface area contributed by atoms with Crippen LogP contribution in [0.3, 0.4) is 0 Å². The number of methoxy groups -OCH3 is 1. The van der Waals surface area contributed by atoms with E-state index in [4.69, 9.17) is 15.5 Å². The van der Waals surface area contributed by atoms with Crippen molar-refractivity contribution in [2.45, 2.75) is 32.3 Å². The molecule has 166 valence electrons. The number of nitrogens with zero attached hydrogens (tertiary/aromatic N) is 4. The highest BCUT2D eigenvalue weighted by molar-refractivity contribution is 7.91. The molecule has 1 aliphatic heterocycles. The van der Waals surface area contributed by atoms with Gasteiger partial charge in [0.05, 0.1) is 35.5 Å². The van der Waals surface area contributed by atoms with Gasteiger partial charge in [-0.2, -0.15) is 9.61 Å². The van der Waals surface area contributed by atoms with Gasteiger partial charge in [-0.3, -0.25) is 4.98 Å². The minimum atomic E-state index is -2.98. The molecule has 8 nitrogen and oxygen atoms in total. The van der Waals surface area contributed by atoms with Gasteiger partial charge >= 0.3 is 0 Å². The minimum Gasteiger partial charge on any atom is -0.383 e. The Kier molecular flexibility index (Phi) is 5.10. The maximum atomic E-state index is 12.0. The summed E-state index contributed by atoms with van der Waals surface area (Å²) in [4.78, 5) is 9.58. The zero-order chi connectivity index (χ0) is 22.5. The average molecular weight is 452 g/mol. The molecule has 0 bridgehead atoms. The third-order valence-corrected chi connectivity index (χ3v) is 7.91. The number of aromatic nitrogens is 4. The number of rotatable bonds is 4. The molecule has 0 unspecified atom stereocenters. The van der Waals surface area contributed by atoms with E-state index >= 15 is 0 Å². The zero-order valence-electron chi connectivity index (χ0n) is 18.1. The quantitative estimate of drug-likeness (QED) is 0.507. The third-order valence-electron chi connectivity index (χ3n) is 6.19. The summed E-state index contributed by atoms with van der Waals surface area (Å²) in [6.45, 7) is 2.34. The van der Waals surface area contributed by atoms with Crippen LogP contribution in [0, 0.1) is 6.92 Å². The summed E-state index contributed by atoms with van der Waals surface area (Å²) in [5.41, 5.74) is 12.6. The molecule has 4 aromatic rings. The predicted molar refractivity (Wildman–Crippen MR) is 124 cm³/mol. The summed E-state index contributed by atoms with van der Waals surface area (Å²) < 4.78 is 30.9. The fourth-order valence-corrected chi connectivity index (χ4v) is 5.95. The number of hydrogen-bond acceptors (Lipinski definition) is 7. The minimum absolute atomic E-state index is 0.0103. The fraction of sp³-hybridized carbons (Fsp3) is 0.348. The van der Waals surface area contributed by atoms with Gasteiger partial charge in [0, 0.05) is 41.3 Å². The van der Waals surface area contributed by atoms with Crippen LogP contribution in [-0.4, -0.2) is 46.6 Å². The van der Waals surface area contributed by atoms with Gasteiger partial charge in [0.15, 0.2) is 5.65 Å². The number of nitrogens with two attached hydrogens (primary N) is 1. The van der Waals surface area contributed by atoms with Crippen molar-refractivity contribution in [3.8, 4) is 11.1 Å². The van der Waals surface area contributed by atoms with Crippen LogP contribution in [0.25, 0.3) is 27.7 Å². The van der Waals surface area contributed by atoms with Crippen LogP contribution in [0.1, 0.15) is 35.6 Å². The van der Waals surface area contributed by atoms with Crippen molar-refractivity contribution < 1.29 is 13.2 Å². The van der Waals surface area contributed by atoms with Gasteiger partial charge in [0.25, 0.3) is 0 Å². The van der Waals surface area contributed by atoms with Gasteiger partial charge < -0.3 is 10.5 Å². The second kappa shape index (κ2) is 7.83. The second-order valence-electron chi connectivity index (χ2n) is 8.43. The fourth-order valence-electron chi connectivity index (χ4n) is 4.46. The highest BCUT2D eigenvalue weighted by Crippen LogP contribution is 2.35. The Labute approximate surface area is 186 Å². The largest absolute Gasteiger partial charge is 0.383 e. The van der Waals surface area contributed by atoms with E-state index in [9.17, 15) is 8.42 Å². The smallest absolute Gasteiger partial charge is 0.165 e. The van der Waals surface area contributed by atoms with Crippen molar-refractivity contribution in [1.29, 1.82) is 0 Å². The lowest BCUT2D eigenvalue weighted by Gasteiger charge is -2.24. The molecule has 3 aromatic heterocycles. The first kappa shape index (κ1) is 20.8. The van der Waals surface area contributed by atoms with Crippen LogP contribution in [0.4, 0.5) is 5.82 Å². The molecule has 0 saturated carbocycles. The second-order valence-corrected chi connectivity index (χ2v) is 10.7. The van der Waals surface area contributed by atoms with Crippen molar-refractivity contribution in [2.75, 3.05) is 24.3 Å². The molecule has 1 aromatic carbocycles. The molecule has 1 fully saturated rings. The van der Waals surface area contributed by atoms with E-state index < -0.39 is 9.84 Å². The number of aryl methyl sites for hydroxylation is 1. The maximum Gasteiger partial charge on any atom is 0.165 e. The van der Waals surface area contributed by atoms with Crippen LogP contribution >= 0.6 is 0 Å². The van der Waals surface area contributed by atoms with Crippen molar-refractivity contribution in [3.63, 3.8) is 0 Å². The molecule has 9 heteroatoms. The normalized spacial score (nSPS) is 16.7. The number of hydrogen-bond donors (Lipinski definition) is 1. The van der Waals surface area contributed by atoms with Gasteiger partial charge in [-0.05, 0) is 38.0 Å². The third kappa shape index (κ3) is 3.61. The number of nitrogen functional groups attached to an aromatic ring is 1. The van der Waals surface area contributed by atoms with E-state index in [0.29, 0.717) is 30.9 Å². The molecule has 2 N–H and O–H groups in total. The number of anilines is 1. The Hall–Kier alpha value is -3.04. The van der Waals surface area contributed by atoms with Gasteiger partial charge in [0.2, 0.25) is 0 Å². The molecule has 4 heterocycles. The van der Waals surface area contributed by atoms with Crippen LogP contribution in [0.2, 0.25) is 0 Å². The van der Waals surface area contributed by atoms with E-state index in [1.807, 2.05) is 18.3 Å². The molecule has 1 aliphatic rings. The standard InChI is InChI=1S/C23H25N5O3S/c1-14-3-4-20-16(9-14)10-17(11-25-20)18-12-26-28-22(24)19(13-31-2)21(27-23(18)28)15-5-7-32(29,30)8-6-15/h3-4,9-12,15H,5-8,13,24H2,1-2H3. The Morgan fingerprint density at radius 1 is 1.19 bits per heavy atom. The first-order valence-electron chi connectivity index (χ1n) is 10.6. The van der Waals surface area contributed by atoms with Crippen molar-refractivity contribution in [3.05, 3.63) is 53.5 Å². The number of sulfone groups is 1. The highest BCUT2D eigenvalue weighted by atomic mass is 32.2. The van der Waals surface area contributed by atoms with Gasteiger partial charge in [0.1, 0.15) is 15.7 Å². The molecule has 5 rings (SSSR count). The van der Waals surface area contributed by atoms with E-state index in [-0.39, 0.29) is 17.4 Å². The van der Waals surface area contributed by atoms with E-state index in [1.54, 1.807) is 17.8 Å². The van der Waals surface area contributed by atoms with Gasteiger partial charge in [-0.1, -0.05) is 11.6 Å². The first-order chi connectivity index (χ1) is 15.4. The van der Waals surface area contributed by atoms with Crippen molar-refractivity contribution in [2.24, 2.45) is 0 Å². The van der Waals surface area contributed by atoms with Crippen LogP contribution in [-0.2, 0) is 21.2 Å². The molecular weight excluding hydrogens is 426 g/mol. The molecule has 0 radical (unpaired) electrons. The monoisotopic (exact) mass is 451 g/mol. The van der Waals surface area contributed by atoms with E-state index in [0.717, 1.165) is 38.9 Å². The van der Waals surface area contributed by atoms with Gasteiger partial charge in [-0.25, -0.2) is 13.4 Å². The maximum absolute atomic E-state index is 12.0. The summed E-state index contributed by atoms with van der Waals surface area (Å²) in [5.74, 6) is 0.806. The Morgan fingerprint density at radius 3 is 2.72 bits per heavy atom. The van der Waals surface area contributed by atoms with Crippen LogP contribution in [0.15, 0.2) is 36.7 Å². The summed E-state index contributed by atoms with van der Waals surface area (Å²) in [5, 5.41) is 5.54. The Bertz CT molecular complexity index is 1430. The zero-order valence-corrected chi connectivity index (χ0v) is 18.9. The lowest BCUT2D eigenvalue weighted by Crippen LogP contribution is -2.24. The lowest BCUT2D eigenvalue weighted by atomic mass is 9.94. The molecule has 0 amide bonds. The molecule has 32 heavy (non-hydrogen) atoms. The van der Waals surface area contributed by atoms with Crippen molar-refractivity contribution >= 4 is 32.2 Å². The van der Waals surface area contributed by atoms with Crippen molar-refractivity contribution in [1.82, 2.24) is 19.6 Å². The predicted octanol–water partition coefficient (Wildman–Crippen LogP) is 3.27. The van der Waals surface area contributed by atoms with E-state index in [1.165, 1.54) is 0 Å². The Balaban J connectivity index is 1.67. The summed E-state index contributed by atoms with van der Waals surface area (Å²) in [6, 6.07) is 8.23. The Morgan fingerprint density at radius 2 is 1.97 bits per heavy atom. The van der Waals surface area contributed by atoms with Crippen LogP contribution in [0.5, 0.6) is 0 Å². The van der Waals surface area contributed by atoms with Crippen LogP contribution < -0.4 is 5.73 Å². The highest BCUT2D eigenvalue weighted by Gasteiger charge is 2.29. The number of fused-ring (bicyclic) bond motifs is 2. The lowest BCUT2D eigenvalue weighted by molar-refractivity contribution is 0.183. The van der Waals surface area contributed by atoms with E-state index in [2.05, 4.69) is 29.1 Å². The molecule has 0 spiro atoms.